The van der Waals surface area contributed by atoms with Crippen LogP contribution < -0.4 is 14.2 Å². The lowest BCUT2D eigenvalue weighted by Gasteiger charge is -2.19. The van der Waals surface area contributed by atoms with Crippen molar-refractivity contribution in [2.75, 3.05) is 17.9 Å². The summed E-state index contributed by atoms with van der Waals surface area (Å²) in [6, 6.07) is 7.74. The summed E-state index contributed by atoms with van der Waals surface area (Å²) in [5.74, 6) is 0.896. The van der Waals surface area contributed by atoms with Crippen LogP contribution in [0.15, 0.2) is 47.4 Å². The molecule has 9 heteroatoms. The van der Waals surface area contributed by atoms with E-state index in [-0.39, 0.29) is 10.6 Å². The highest BCUT2D eigenvalue weighted by Gasteiger charge is 2.30. The van der Waals surface area contributed by atoms with Crippen LogP contribution in [-0.4, -0.2) is 21.6 Å². The van der Waals surface area contributed by atoms with E-state index in [1.54, 1.807) is 6.07 Å². The van der Waals surface area contributed by atoms with Crippen LogP contribution in [0.1, 0.15) is 5.56 Å². The first-order chi connectivity index (χ1) is 11.3. The minimum absolute atomic E-state index is 0.221. The molecule has 2 aromatic rings. The zero-order valence-electron chi connectivity index (χ0n) is 12.1. The molecule has 1 aliphatic rings. The van der Waals surface area contributed by atoms with Crippen molar-refractivity contribution in [3.8, 4) is 11.5 Å². The summed E-state index contributed by atoms with van der Waals surface area (Å²) < 4.78 is 75.1. The van der Waals surface area contributed by atoms with E-state index in [0.29, 0.717) is 24.7 Å². The van der Waals surface area contributed by atoms with E-state index < -0.39 is 21.8 Å². The molecule has 3 rings (SSSR count). The first kappa shape index (κ1) is 16.4. The lowest BCUT2D eigenvalue weighted by molar-refractivity contribution is -0.137. The Bertz CT molecular complexity index is 848. The lowest BCUT2D eigenvalue weighted by atomic mass is 10.2. The lowest BCUT2D eigenvalue weighted by Crippen LogP contribution is -2.17. The number of ether oxygens (including phenoxy) is 2. The van der Waals surface area contributed by atoms with E-state index in [0.717, 1.165) is 24.3 Å². The molecular formula is C15H12F3NO4S. The Hall–Kier alpha value is -2.42. The van der Waals surface area contributed by atoms with E-state index in [9.17, 15) is 21.6 Å². The Kier molecular flexibility index (Phi) is 4.04. The molecule has 0 aliphatic carbocycles. The van der Waals surface area contributed by atoms with Gasteiger partial charge in [-0.05, 0) is 36.4 Å². The molecule has 1 heterocycles. The third-order valence-corrected chi connectivity index (χ3v) is 4.68. The topological polar surface area (TPSA) is 64.6 Å². The van der Waals surface area contributed by atoms with Crippen molar-refractivity contribution in [2.24, 2.45) is 0 Å². The Morgan fingerprint density at radius 3 is 2.17 bits per heavy atom. The molecule has 2 aromatic carbocycles. The predicted octanol–water partition coefficient (Wildman–Crippen LogP) is 3.28. The van der Waals surface area contributed by atoms with Crippen LogP contribution in [0.25, 0.3) is 0 Å². The monoisotopic (exact) mass is 359 g/mol. The maximum Gasteiger partial charge on any atom is 0.416 e. The smallest absolute Gasteiger partial charge is 0.416 e. The number of alkyl halides is 3. The molecule has 0 aromatic heterocycles. The summed E-state index contributed by atoms with van der Waals surface area (Å²) in [4.78, 5) is -0.273. The molecular weight excluding hydrogens is 347 g/mol. The summed E-state index contributed by atoms with van der Waals surface area (Å²) in [6.07, 6.45) is -4.52. The molecule has 0 fully saturated rings. The molecule has 0 saturated heterocycles. The van der Waals surface area contributed by atoms with Crippen molar-refractivity contribution in [3.05, 3.63) is 48.0 Å². The van der Waals surface area contributed by atoms with Crippen LogP contribution in [-0.2, 0) is 16.2 Å². The molecule has 0 radical (unpaired) electrons. The minimum atomic E-state index is -4.52. The van der Waals surface area contributed by atoms with Crippen LogP contribution in [0, 0.1) is 0 Å². The van der Waals surface area contributed by atoms with Crippen molar-refractivity contribution < 1.29 is 31.1 Å². The summed E-state index contributed by atoms with van der Waals surface area (Å²) in [6.45, 7) is 0.756. The third kappa shape index (κ3) is 3.40. The molecule has 1 aliphatic heterocycles. The van der Waals surface area contributed by atoms with Crippen molar-refractivity contribution in [2.45, 2.75) is 11.1 Å². The SMILES string of the molecule is O=S(=O)(Nc1ccc2c(c1)OCCO2)c1ccc(C(F)(F)F)cc1. The normalized spacial score (nSPS) is 14.3. The van der Waals surface area contributed by atoms with Crippen LogP contribution in [0.3, 0.4) is 0 Å². The second kappa shape index (κ2) is 5.90. The molecule has 0 bridgehead atoms. The van der Waals surface area contributed by atoms with E-state index >= 15 is 0 Å². The predicted molar refractivity (Wildman–Crippen MR) is 79.7 cm³/mol. The zero-order valence-corrected chi connectivity index (χ0v) is 12.9. The van der Waals surface area contributed by atoms with Gasteiger partial charge in [-0.3, -0.25) is 4.72 Å². The quantitative estimate of drug-likeness (QED) is 0.914. The van der Waals surface area contributed by atoms with Crippen LogP contribution >= 0.6 is 0 Å². The fraction of sp³-hybridized carbons (Fsp3) is 0.200. The number of hydrogen-bond donors (Lipinski definition) is 1. The fourth-order valence-corrected chi connectivity index (χ4v) is 3.19. The molecule has 128 valence electrons. The molecule has 0 spiro atoms. The molecule has 24 heavy (non-hydrogen) atoms. The zero-order chi connectivity index (χ0) is 17.4. The number of nitrogens with one attached hydrogen (secondary N) is 1. The van der Waals surface area contributed by atoms with Gasteiger partial charge in [-0.15, -0.1) is 0 Å². The number of hydrogen-bond acceptors (Lipinski definition) is 4. The van der Waals surface area contributed by atoms with Crippen LogP contribution in [0.2, 0.25) is 0 Å². The van der Waals surface area contributed by atoms with Gasteiger partial charge in [0.25, 0.3) is 10.0 Å². The number of rotatable bonds is 3. The van der Waals surface area contributed by atoms with Crippen LogP contribution in [0.4, 0.5) is 18.9 Å². The number of anilines is 1. The van der Waals surface area contributed by atoms with Crippen molar-refractivity contribution in [1.82, 2.24) is 0 Å². The number of fused-ring (bicyclic) bond motifs is 1. The Labute approximate surface area is 136 Å². The highest BCUT2D eigenvalue weighted by Crippen LogP contribution is 2.34. The largest absolute Gasteiger partial charge is 0.486 e. The van der Waals surface area contributed by atoms with Crippen molar-refractivity contribution in [3.63, 3.8) is 0 Å². The summed E-state index contributed by atoms with van der Waals surface area (Å²) in [5, 5.41) is 0. The average Bonchev–Trinajstić information content (AvgIpc) is 2.54. The molecule has 0 amide bonds. The molecule has 0 saturated carbocycles. The maximum atomic E-state index is 12.5. The Morgan fingerprint density at radius 1 is 0.917 bits per heavy atom. The molecule has 5 nitrogen and oxygen atoms in total. The highest BCUT2D eigenvalue weighted by molar-refractivity contribution is 7.92. The van der Waals surface area contributed by atoms with Crippen molar-refractivity contribution in [1.29, 1.82) is 0 Å². The first-order valence-electron chi connectivity index (χ1n) is 6.85. The average molecular weight is 359 g/mol. The van der Waals surface area contributed by atoms with Gasteiger partial charge in [0.1, 0.15) is 13.2 Å². The summed E-state index contributed by atoms with van der Waals surface area (Å²) in [7, 11) is -4.02. The van der Waals surface area contributed by atoms with E-state index in [4.69, 9.17) is 9.47 Å². The summed E-state index contributed by atoms with van der Waals surface area (Å²) >= 11 is 0. The van der Waals surface area contributed by atoms with Gasteiger partial charge in [-0.1, -0.05) is 0 Å². The van der Waals surface area contributed by atoms with Gasteiger partial charge >= 0.3 is 6.18 Å². The van der Waals surface area contributed by atoms with Gasteiger partial charge < -0.3 is 9.47 Å². The van der Waals surface area contributed by atoms with E-state index in [1.807, 2.05) is 0 Å². The maximum absolute atomic E-state index is 12.5. The summed E-state index contributed by atoms with van der Waals surface area (Å²) in [5.41, 5.74) is -0.695. The number of benzene rings is 2. The van der Waals surface area contributed by atoms with Crippen LogP contribution in [0.5, 0.6) is 11.5 Å². The number of sulfonamides is 1. The van der Waals surface area contributed by atoms with Gasteiger partial charge in [-0.2, -0.15) is 13.2 Å². The van der Waals surface area contributed by atoms with Gasteiger partial charge in [0.2, 0.25) is 0 Å². The molecule has 0 atom stereocenters. The van der Waals surface area contributed by atoms with E-state index in [1.165, 1.54) is 12.1 Å². The minimum Gasteiger partial charge on any atom is -0.486 e. The highest BCUT2D eigenvalue weighted by atomic mass is 32.2. The molecule has 0 unspecified atom stereocenters. The van der Waals surface area contributed by atoms with Gasteiger partial charge in [0, 0.05) is 6.07 Å². The fourth-order valence-electron chi connectivity index (χ4n) is 2.14. The van der Waals surface area contributed by atoms with E-state index in [2.05, 4.69) is 4.72 Å². The third-order valence-electron chi connectivity index (χ3n) is 3.29. The number of halogens is 3. The van der Waals surface area contributed by atoms with Gasteiger partial charge in [-0.25, -0.2) is 8.42 Å². The second-order valence-corrected chi connectivity index (χ2v) is 6.67. The first-order valence-corrected chi connectivity index (χ1v) is 8.34. The Morgan fingerprint density at radius 2 is 1.54 bits per heavy atom. The molecule has 1 N–H and O–H groups in total. The standard InChI is InChI=1S/C15H12F3NO4S/c16-15(17,18)10-1-4-12(5-2-10)24(20,21)19-11-3-6-13-14(9-11)23-8-7-22-13/h1-6,9,19H,7-8H2. The van der Waals surface area contributed by atoms with Crippen molar-refractivity contribution >= 4 is 15.7 Å². The second-order valence-electron chi connectivity index (χ2n) is 4.99. The van der Waals surface area contributed by atoms with Gasteiger partial charge in [0.05, 0.1) is 16.1 Å². The van der Waals surface area contributed by atoms with Gasteiger partial charge in [0.15, 0.2) is 11.5 Å². The Balaban J connectivity index is 1.83.